The van der Waals surface area contributed by atoms with E-state index in [1.165, 1.54) is 0 Å². The van der Waals surface area contributed by atoms with Crippen LogP contribution < -0.4 is 4.90 Å². The van der Waals surface area contributed by atoms with Crippen molar-refractivity contribution in [3.05, 3.63) is 29.8 Å². The van der Waals surface area contributed by atoms with Gasteiger partial charge in [0.05, 0.1) is 5.56 Å². The maximum atomic E-state index is 12.0. The molecule has 1 saturated heterocycles. The molecule has 0 N–H and O–H groups in total. The van der Waals surface area contributed by atoms with Gasteiger partial charge in [-0.1, -0.05) is 0 Å². The maximum absolute atomic E-state index is 12.0. The minimum atomic E-state index is -0.273. The van der Waals surface area contributed by atoms with Crippen LogP contribution in [0.25, 0.3) is 0 Å². The SMILES string of the molecule is CN(C)c1ccc(C(=O)OCCN2CCN(C([S-])[S-])CC2)cc1.[Au]. The molecule has 0 unspecified atom stereocenters. The summed E-state index contributed by atoms with van der Waals surface area (Å²) in [5, 5.41) is 0. The van der Waals surface area contributed by atoms with Crippen molar-refractivity contribution in [2.24, 2.45) is 0 Å². The van der Waals surface area contributed by atoms with Gasteiger partial charge in [-0.25, -0.2) is 9.50 Å². The molecule has 0 saturated carbocycles. The number of piperazine rings is 1. The van der Waals surface area contributed by atoms with E-state index in [2.05, 4.69) is 9.80 Å². The fourth-order valence-corrected chi connectivity index (χ4v) is 2.87. The average molecular weight is 550 g/mol. The van der Waals surface area contributed by atoms with E-state index < -0.39 is 0 Å². The van der Waals surface area contributed by atoms with E-state index in [1.54, 1.807) is 12.1 Å². The number of hydrogen-bond acceptors (Lipinski definition) is 7. The van der Waals surface area contributed by atoms with E-state index in [0.29, 0.717) is 12.2 Å². The standard InChI is InChI=1S/C16H25N3O2S2.Au/c1-17(2)14-5-3-13(4-6-14)15(20)21-12-11-18-7-9-19(10-8-18)16(22)23;/h3-6,16,22-23H,7-12H2,1-2H3;/p-2. The molecule has 1 aromatic rings. The van der Waals surface area contributed by atoms with Crippen LogP contribution in [0.3, 0.4) is 0 Å². The fraction of sp³-hybridized carbons (Fsp3) is 0.562. The molecule has 0 aliphatic carbocycles. The molecule has 1 aliphatic heterocycles. The Hall–Kier alpha value is -0.150. The zero-order valence-corrected chi connectivity index (χ0v) is 17.7. The topological polar surface area (TPSA) is 36.0 Å². The van der Waals surface area contributed by atoms with Gasteiger partial charge in [0.15, 0.2) is 0 Å². The molecule has 1 aliphatic rings. The van der Waals surface area contributed by atoms with Crippen molar-refractivity contribution >= 4 is 36.9 Å². The Labute approximate surface area is 171 Å². The van der Waals surface area contributed by atoms with Gasteiger partial charge >= 0.3 is 5.97 Å². The summed E-state index contributed by atoms with van der Waals surface area (Å²) in [6.07, 6.45) is 0. The average Bonchev–Trinajstić information content (AvgIpc) is 2.55. The molecule has 0 amide bonds. The van der Waals surface area contributed by atoms with Crippen LogP contribution in [0.5, 0.6) is 0 Å². The largest absolute Gasteiger partial charge is 0.800 e. The predicted octanol–water partition coefficient (Wildman–Crippen LogP) is 0.902. The van der Waals surface area contributed by atoms with Crippen molar-refractivity contribution in [3.63, 3.8) is 0 Å². The molecule has 0 atom stereocenters. The fourth-order valence-electron chi connectivity index (χ4n) is 2.44. The van der Waals surface area contributed by atoms with Crippen LogP contribution in [-0.2, 0) is 52.4 Å². The Bertz CT molecular complexity index is 507. The molecule has 5 nitrogen and oxygen atoms in total. The zero-order chi connectivity index (χ0) is 16.8. The molecule has 8 heteroatoms. The van der Waals surface area contributed by atoms with Gasteiger partial charge in [0.25, 0.3) is 0 Å². The van der Waals surface area contributed by atoms with Crippen molar-refractivity contribution in [1.29, 1.82) is 0 Å². The van der Waals surface area contributed by atoms with Crippen LogP contribution in [-0.4, -0.2) is 73.9 Å². The number of ether oxygens (including phenoxy) is 1. The number of rotatable bonds is 6. The van der Waals surface area contributed by atoms with Crippen molar-refractivity contribution in [2.75, 3.05) is 58.3 Å². The monoisotopic (exact) mass is 550 g/mol. The van der Waals surface area contributed by atoms with Crippen LogP contribution in [0.1, 0.15) is 10.4 Å². The van der Waals surface area contributed by atoms with Crippen molar-refractivity contribution in [1.82, 2.24) is 9.80 Å². The molecule has 139 valence electrons. The second-order valence-corrected chi connectivity index (χ2v) is 6.95. The smallest absolute Gasteiger partial charge is 0.338 e. The molecule has 1 heterocycles. The minimum Gasteiger partial charge on any atom is -0.800 e. The summed E-state index contributed by atoms with van der Waals surface area (Å²) < 4.78 is 5.13. The molecule has 1 fully saturated rings. The molecule has 0 spiro atoms. The van der Waals surface area contributed by atoms with Crippen LogP contribution >= 0.6 is 0 Å². The normalized spacial score (nSPS) is 15.9. The van der Waals surface area contributed by atoms with Crippen LogP contribution in [0.15, 0.2) is 24.3 Å². The van der Waals surface area contributed by atoms with Gasteiger partial charge in [-0.05, 0) is 24.3 Å². The first-order valence-electron chi connectivity index (χ1n) is 7.70. The summed E-state index contributed by atoms with van der Waals surface area (Å²) in [5.74, 6) is -0.273. The minimum absolute atomic E-state index is 0. The van der Waals surface area contributed by atoms with Crippen LogP contribution in [0.2, 0.25) is 0 Å². The van der Waals surface area contributed by atoms with Gasteiger partial charge in [-0.3, -0.25) is 4.90 Å². The third-order valence-corrected chi connectivity index (χ3v) is 4.56. The van der Waals surface area contributed by atoms with E-state index in [9.17, 15) is 4.79 Å². The van der Waals surface area contributed by atoms with Crippen LogP contribution in [0.4, 0.5) is 5.69 Å². The van der Waals surface area contributed by atoms with Crippen molar-refractivity contribution in [2.45, 2.75) is 4.71 Å². The summed E-state index contributed by atoms with van der Waals surface area (Å²) in [6.45, 7) is 4.75. The van der Waals surface area contributed by atoms with E-state index >= 15 is 0 Å². The first-order chi connectivity index (χ1) is 11.0. The molecule has 1 aromatic carbocycles. The first kappa shape index (κ1) is 21.9. The number of carbonyl (C=O) groups excluding carboxylic acids is 1. The van der Waals surface area contributed by atoms with Gasteiger partial charge in [0.2, 0.25) is 0 Å². The number of hydrogen-bond donors (Lipinski definition) is 0. The Kier molecular flexibility index (Phi) is 9.81. The Morgan fingerprint density at radius 3 is 2.25 bits per heavy atom. The number of esters is 1. The predicted molar refractivity (Wildman–Crippen MR) is 97.6 cm³/mol. The zero-order valence-electron chi connectivity index (χ0n) is 13.9. The third-order valence-electron chi connectivity index (χ3n) is 3.97. The van der Waals surface area contributed by atoms with E-state index in [-0.39, 0.29) is 33.1 Å². The summed E-state index contributed by atoms with van der Waals surface area (Å²) in [5.41, 5.74) is 1.64. The van der Waals surface area contributed by atoms with Crippen molar-refractivity contribution < 1.29 is 31.9 Å². The quantitative estimate of drug-likeness (QED) is 0.296. The summed E-state index contributed by atoms with van der Waals surface area (Å²) in [7, 11) is 3.93. The Balaban J connectivity index is 0.00000288. The van der Waals surface area contributed by atoms with Gasteiger partial charge in [-0.15, -0.1) is 0 Å². The first-order valence-corrected chi connectivity index (χ1v) is 8.64. The molecule has 24 heavy (non-hydrogen) atoms. The summed E-state index contributed by atoms with van der Waals surface area (Å²) >= 11 is 10.2. The van der Waals surface area contributed by atoms with E-state index in [4.69, 9.17) is 30.0 Å². The molecule has 0 aromatic heterocycles. The number of carbonyl (C=O) groups is 1. The second-order valence-electron chi connectivity index (χ2n) is 5.76. The van der Waals surface area contributed by atoms with E-state index in [0.717, 1.165) is 38.4 Å². The van der Waals surface area contributed by atoms with Gasteiger partial charge in [-0.2, -0.15) is 0 Å². The van der Waals surface area contributed by atoms with Gasteiger partial charge in [0, 0.05) is 74.9 Å². The maximum Gasteiger partial charge on any atom is 0.338 e. The number of anilines is 1. The van der Waals surface area contributed by atoms with E-state index in [1.807, 2.05) is 31.1 Å². The van der Waals surface area contributed by atoms with Gasteiger partial charge < -0.3 is 39.8 Å². The van der Waals surface area contributed by atoms with Gasteiger partial charge in [0.1, 0.15) is 6.61 Å². The summed E-state index contributed by atoms with van der Waals surface area (Å²) in [6, 6.07) is 7.42. The second kappa shape index (κ2) is 10.8. The molecule has 2 rings (SSSR count). The Morgan fingerprint density at radius 2 is 1.75 bits per heavy atom. The van der Waals surface area contributed by atoms with Crippen LogP contribution in [0, 0.1) is 0 Å². The molecular weight excluding hydrogens is 527 g/mol. The third kappa shape index (κ3) is 6.63. The number of benzene rings is 1. The molecular formula is C16H23AuN3O2S2-2. The molecule has 1 radical (unpaired) electrons. The summed E-state index contributed by atoms with van der Waals surface area (Å²) in [4.78, 5) is 18.4. The van der Waals surface area contributed by atoms with Crippen molar-refractivity contribution in [3.8, 4) is 0 Å². The Morgan fingerprint density at radius 1 is 1.17 bits per heavy atom. The number of nitrogens with zero attached hydrogens (tertiary/aromatic N) is 3. The molecule has 0 bridgehead atoms.